The molecule has 0 radical (unpaired) electrons. The molecule has 0 unspecified atom stereocenters. The highest BCUT2D eigenvalue weighted by Gasteiger charge is 2.26. The van der Waals surface area contributed by atoms with Gasteiger partial charge in [-0.25, -0.2) is 12.7 Å². The van der Waals surface area contributed by atoms with E-state index in [9.17, 15) is 8.42 Å². The van der Waals surface area contributed by atoms with Crippen molar-refractivity contribution in [3.8, 4) is 0 Å². The average Bonchev–Trinajstić information content (AvgIpc) is 2.93. The van der Waals surface area contributed by atoms with Crippen LogP contribution in [0.3, 0.4) is 0 Å². The van der Waals surface area contributed by atoms with E-state index in [0.717, 1.165) is 15.8 Å². The first-order chi connectivity index (χ1) is 10.6. The first kappa shape index (κ1) is 18.4. The summed E-state index contributed by atoms with van der Waals surface area (Å²) < 4.78 is 28.5. The zero-order chi connectivity index (χ0) is 17.4. The topological polar surface area (TPSA) is 58.4 Å². The lowest BCUT2D eigenvalue weighted by molar-refractivity contribution is 0.245. The molecule has 0 fully saturated rings. The van der Waals surface area contributed by atoms with E-state index in [1.165, 1.54) is 29.7 Å². The molecule has 2 rings (SSSR count). The largest absolute Gasteiger partial charge is 0.282 e. The molecule has 128 valence electrons. The summed E-state index contributed by atoms with van der Waals surface area (Å²) >= 11 is 7.48. The summed E-state index contributed by atoms with van der Waals surface area (Å²) in [5.41, 5.74) is 1.16. The molecule has 2 heterocycles. The van der Waals surface area contributed by atoms with Crippen LogP contribution in [0.1, 0.15) is 16.3 Å². The average molecular weight is 377 g/mol. The number of aryl methyl sites for hydroxylation is 1. The van der Waals surface area contributed by atoms with Gasteiger partial charge in [0.05, 0.1) is 22.4 Å². The fourth-order valence-electron chi connectivity index (χ4n) is 2.36. The Labute approximate surface area is 146 Å². The smallest absolute Gasteiger partial charge is 0.246 e. The highest BCUT2D eigenvalue weighted by Crippen LogP contribution is 2.24. The molecular formula is C14H21ClN4O2S2. The zero-order valence-corrected chi connectivity index (χ0v) is 16.3. The Kier molecular flexibility index (Phi) is 5.52. The standard InChI is InChI=1S/C14H21ClN4O2S2/c1-10-14(23(20,21)17(3)4)11(2)19(16-10)9-18(5)8-12-6-7-13(15)22-12/h6-7H,8-9H2,1-5H3. The van der Waals surface area contributed by atoms with Crippen LogP contribution in [-0.2, 0) is 23.2 Å². The van der Waals surface area contributed by atoms with E-state index in [-0.39, 0.29) is 4.90 Å². The lowest BCUT2D eigenvalue weighted by Gasteiger charge is -2.17. The molecule has 0 saturated carbocycles. The third kappa shape index (κ3) is 3.95. The SMILES string of the molecule is Cc1nn(CN(C)Cc2ccc(Cl)s2)c(C)c1S(=O)(=O)N(C)C. The van der Waals surface area contributed by atoms with Crippen LogP contribution in [0.5, 0.6) is 0 Å². The quantitative estimate of drug-likeness (QED) is 0.777. The Morgan fingerprint density at radius 3 is 2.43 bits per heavy atom. The van der Waals surface area contributed by atoms with Crippen LogP contribution in [0, 0.1) is 13.8 Å². The van der Waals surface area contributed by atoms with Gasteiger partial charge < -0.3 is 0 Å². The van der Waals surface area contributed by atoms with E-state index in [4.69, 9.17) is 11.6 Å². The summed E-state index contributed by atoms with van der Waals surface area (Å²) in [7, 11) is 1.52. The van der Waals surface area contributed by atoms with E-state index in [2.05, 4.69) is 10.00 Å². The first-order valence-electron chi connectivity index (χ1n) is 7.02. The monoisotopic (exact) mass is 376 g/mol. The third-order valence-electron chi connectivity index (χ3n) is 3.48. The van der Waals surface area contributed by atoms with E-state index in [0.29, 0.717) is 18.1 Å². The summed E-state index contributed by atoms with van der Waals surface area (Å²) in [5, 5.41) is 4.39. The molecule has 6 nitrogen and oxygen atoms in total. The lowest BCUT2D eigenvalue weighted by atomic mass is 10.4. The van der Waals surface area contributed by atoms with Crippen molar-refractivity contribution in [3.05, 3.63) is 32.7 Å². The maximum atomic E-state index is 12.4. The second-order valence-electron chi connectivity index (χ2n) is 5.65. The van der Waals surface area contributed by atoms with Gasteiger partial charge in [-0.2, -0.15) is 5.10 Å². The van der Waals surface area contributed by atoms with Gasteiger partial charge in [0.1, 0.15) is 4.90 Å². The molecule has 23 heavy (non-hydrogen) atoms. The molecule has 0 saturated heterocycles. The number of nitrogens with zero attached hydrogens (tertiary/aromatic N) is 4. The number of sulfonamides is 1. The van der Waals surface area contributed by atoms with E-state index >= 15 is 0 Å². The highest BCUT2D eigenvalue weighted by molar-refractivity contribution is 7.89. The Morgan fingerprint density at radius 2 is 1.91 bits per heavy atom. The van der Waals surface area contributed by atoms with Crippen molar-refractivity contribution >= 4 is 33.0 Å². The Bertz CT molecular complexity index is 796. The van der Waals surface area contributed by atoms with Gasteiger partial charge in [-0.15, -0.1) is 11.3 Å². The van der Waals surface area contributed by atoms with Gasteiger partial charge in [-0.3, -0.25) is 9.58 Å². The molecular weight excluding hydrogens is 356 g/mol. The third-order valence-corrected chi connectivity index (χ3v) is 6.77. The number of aromatic nitrogens is 2. The number of rotatable bonds is 6. The molecule has 2 aromatic heterocycles. The van der Waals surface area contributed by atoms with E-state index < -0.39 is 10.0 Å². The van der Waals surface area contributed by atoms with Crippen molar-refractivity contribution in [2.45, 2.75) is 32.0 Å². The van der Waals surface area contributed by atoms with Crippen LogP contribution < -0.4 is 0 Å². The summed E-state index contributed by atoms with van der Waals surface area (Å²) in [6.45, 7) is 4.74. The number of halogens is 1. The molecule has 0 amide bonds. The maximum absolute atomic E-state index is 12.4. The van der Waals surface area contributed by atoms with Crippen molar-refractivity contribution in [2.75, 3.05) is 21.1 Å². The molecule has 0 atom stereocenters. The predicted octanol–water partition coefficient (Wildman–Crippen LogP) is 2.55. The van der Waals surface area contributed by atoms with Crippen LogP contribution >= 0.6 is 22.9 Å². The summed E-state index contributed by atoms with van der Waals surface area (Å²) in [4.78, 5) is 3.50. The van der Waals surface area contributed by atoms with Crippen LogP contribution in [0.15, 0.2) is 17.0 Å². The Balaban J connectivity index is 2.21. The number of thiophene rings is 1. The Morgan fingerprint density at radius 1 is 1.26 bits per heavy atom. The fraction of sp³-hybridized carbons (Fsp3) is 0.500. The van der Waals surface area contributed by atoms with Crippen molar-refractivity contribution in [1.82, 2.24) is 19.0 Å². The minimum atomic E-state index is -3.49. The summed E-state index contributed by atoms with van der Waals surface area (Å²) in [6, 6.07) is 3.87. The summed E-state index contributed by atoms with van der Waals surface area (Å²) in [6.07, 6.45) is 0. The van der Waals surface area contributed by atoms with Gasteiger partial charge in [-0.05, 0) is 33.0 Å². The van der Waals surface area contributed by atoms with Gasteiger partial charge in [0.25, 0.3) is 0 Å². The van der Waals surface area contributed by atoms with Crippen LogP contribution in [0.2, 0.25) is 4.34 Å². The molecule has 0 aliphatic carbocycles. The minimum absolute atomic E-state index is 0.287. The number of hydrogen-bond donors (Lipinski definition) is 0. The lowest BCUT2D eigenvalue weighted by Crippen LogP contribution is -2.25. The maximum Gasteiger partial charge on any atom is 0.246 e. The zero-order valence-electron chi connectivity index (χ0n) is 13.9. The van der Waals surface area contributed by atoms with Crippen molar-refractivity contribution in [2.24, 2.45) is 0 Å². The molecule has 9 heteroatoms. The molecule has 0 N–H and O–H groups in total. The van der Waals surface area contributed by atoms with Crippen LogP contribution in [-0.4, -0.2) is 48.5 Å². The fourth-order valence-corrected chi connectivity index (χ4v) is 4.78. The highest BCUT2D eigenvalue weighted by atomic mass is 35.5. The predicted molar refractivity (Wildman–Crippen MR) is 93.4 cm³/mol. The second kappa shape index (κ2) is 6.90. The molecule has 0 spiro atoms. The van der Waals surface area contributed by atoms with E-state index in [1.54, 1.807) is 18.5 Å². The van der Waals surface area contributed by atoms with Gasteiger partial charge in [0.15, 0.2) is 0 Å². The summed E-state index contributed by atoms with van der Waals surface area (Å²) in [5.74, 6) is 0. The Hall–Kier alpha value is -0.930. The first-order valence-corrected chi connectivity index (χ1v) is 9.65. The normalized spacial score (nSPS) is 12.5. The molecule has 0 aliphatic heterocycles. The number of hydrogen-bond acceptors (Lipinski definition) is 5. The van der Waals surface area contributed by atoms with Gasteiger partial charge in [0.2, 0.25) is 10.0 Å². The van der Waals surface area contributed by atoms with E-state index in [1.807, 2.05) is 19.2 Å². The van der Waals surface area contributed by atoms with Crippen molar-refractivity contribution in [1.29, 1.82) is 0 Å². The minimum Gasteiger partial charge on any atom is -0.282 e. The molecule has 0 aliphatic rings. The van der Waals surface area contributed by atoms with Crippen molar-refractivity contribution < 1.29 is 8.42 Å². The van der Waals surface area contributed by atoms with Crippen molar-refractivity contribution in [3.63, 3.8) is 0 Å². The van der Waals surface area contributed by atoms with Gasteiger partial charge in [-0.1, -0.05) is 11.6 Å². The molecule has 0 aromatic carbocycles. The van der Waals surface area contributed by atoms with Crippen LogP contribution in [0.25, 0.3) is 0 Å². The second-order valence-corrected chi connectivity index (χ2v) is 9.54. The van der Waals surface area contributed by atoms with Gasteiger partial charge in [0, 0.05) is 25.5 Å². The molecule has 2 aromatic rings. The van der Waals surface area contributed by atoms with Crippen LogP contribution in [0.4, 0.5) is 0 Å². The van der Waals surface area contributed by atoms with Gasteiger partial charge >= 0.3 is 0 Å². The molecule has 0 bridgehead atoms.